The Bertz CT molecular complexity index is 361. The standard InChI is InChI=1S/C9H11BrFNO/c1-3-6(2)12-5-7(10)4-8(11)9(12)13/h4-6H,3H2,1-2H3. The summed E-state index contributed by atoms with van der Waals surface area (Å²) in [5, 5.41) is 0. The minimum Gasteiger partial charge on any atom is -0.309 e. The minimum atomic E-state index is -0.713. The van der Waals surface area contributed by atoms with Crippen molar-refractivity contribution in [3.63, 3.8) is 0 Å². The van der Waals surface area contributed by atoms with Crippen LogP contribution in [0.1, 0.15) is 26.3 Å². The van der Waals surface area contributed by atoms with E-state index in [-0.39, 0.29) is 6.04 Å². The Morgan fingerprint density at radius 2 is 2.31 bits per heavy atom. The van der Waals surface area contributed by atoms with E-state index in [0.717, 1.165) is 6.42 Å². The lowest BCUT2D eigenvalue weighted by Gasteiger charge is -2.12. The molecule has 0 aliphatic carbocycles. The van der Waals surface area contributed by atoms with Gasteiger partial charge in [0, 0.05) is 16.7 Å². The molecule has 1 aromatic rings. The summed E-state index contributed by atoms with van der Waals surface area (Å²) < 4.78 is 15.0. The Morgan fingerprint density at radius 1 is 1.69 bits per heavy atom. The molecule has 1 heterocycles. The molecule has 13 heavy (non-hydrogen) atoms. The topological polar surface area (TPSA) is 22.0 Å². The Hall–Kier alpha value is -0.640. The Kier molecular flexibility index (Phi) is 3.25. The molecule has 2 nitrogen and oxygen atoms in total. The molecule has 0 radical (unpaired) electrons. The normalized spacial score (nSPS) is 12.9. The van der Waals surface area contributed by atoms with Crippen LogP contribution in [0.25, 0.3) is 0 Å². The highest BCUT2D eigenvalue weighted by Gasteiger charge is 2.08. The van der Waals surface area contributed by atoms with Gasteiger partial charge in [-0.25, -0.2) is 4.39 Å². The number of hydrogen-bond acceptors (Lipinski definition) is 1. The van der Waals surface area contributed by atoms with E-state index < -0.39 is 11.4 Å². The van der Waals surface area contributed by atoms with Crippen LogP contribution >= 0.6 is 15.9 Å². The number of halogens is 2. The van der Waals surface area contributed by atoms with Gasteiger partial charge in [-0.05, 0) is 35.3 Å². The molecule has 0 bridgehead atoms. The van der Waals surface area contributed by atoms with Crippen molar-refractivity contribution in [2.75, 3.05) is 0 Å². The molecule has 0 amide bonds. The van der Waals surface area contributed by atoms with E-state index in [4.69, 9.17) is 0 Å². The third-order valence-electron chi connectivity index (χ3n) is 2.03. The molecule has 4 heteroatoms. The second-order valence-electron chi connectivity index (χ2n) is 2.98. The fourth-order valence-electron chi connectivity index (χ4n) is 1.06. The van der Waals surface area contributed by atoms with Gasteiger partial charge in [-0.3, -0.25) is 4.79 Å². The average molecular weight is 248 g/mol. The lowest BCUT2D eigenvalue weighted by Crippen LogP contribution is -2.24. The highest BCUT2D eigenvalue weighted by Crippen LogP contribution is 2.13. The van der Waals surface area contributed by atoms with Gasteiger partial charge in [0.15, 0.2) is 5.82 Å². The summed E-state index contributed by atoms with van der Waals surface area (Å²) in [7, 11) is 0. The lowest BCUT2D eigenvalue weighted by atomic mass is 10.2. The Balaban J connectivity index is 3.28. The summed E-state index contributed by atoms with van der Waals surface area (Å²) in [6.45, 7) is 3.84. The van der Waals surface area contributed by atoms with Crippen molar-refractivity contribution in [3.05, 3.63) is 32.9 Å². The smallest absolute Gasteiger partial charge is 0.286 e. The van der Waals surface area contributed by atoms with Crippen LogP contribution < -0.4 is 5.56 Å². The molecule has 1 rings (SSSR count). The zero-order valence-electron chi connectivity index (χ0n) is 7.55. The SMILES string of the molecule is CCC(C)n1cc(Br)cc(F)c1=O. The van der Waals surface area contributed by atoms with Gasteiger partial charge >= 0.3 is 0 Å². The van der Waals surface area contributed by atoms with Gasteiger partial charge in [-0.15, -0.1) is 0 Å². The minimum absolute atomic E-state index is 0.0273. The zero-order valence-corrected chi connectivity index (χ0v) is 9.14. The Morgan fingerprint density at radius 3 is 2.85 bits per heavy atom. The van der Waals surface area contributed by atoms with E-state index in [0.29, 0.717) is 4.47 Å². The maximum absolute atomic E-state index is 13.0. The number of hydrogen-bond donors (Lipinski definition) is 0. The van der Waals surface area contributed by atoms with Crippen molar-refractivity contribution in [2.45, 2.75) is 26.3 Å². The van der Waals surface area contributed by atoms with Crippen molar-refractivity contribution in [1.29, 1.82) is 0 Å². The van der Waals surface area contributed by atoms with Crippen LogP contribution in [0.2, 0.25) is 0 Å². The summed E-state index contributed by atoms with van der Waals surface area (Å²) in [4.78, 5) is 11.3. The number of rotatable bonds is 2. The summed E-state index contributed by atoms with van der Waals surface area (Å²) >= 11 is 3.14. The second-order valence-corrected chi connectivity index (χ2v) is 3.89. The molecule has 0 N–H and O–H groups in total. The average Bonchev–Trinajstić information content (AvgIpc) is 2.10. The second kappa shape index (κ2) is 4.05. The summed E-state index contributed by atoms with van der Waals surface area (Å²) in [5.41, 5.74) is -0.558. The van der Waals surface area contributed by atoms with Crippen LogP contribution in [0, 0.1) is 5.82 Å². The third kappa shape index (κ3) is 2.18. The molecule has 0 aromatic carbocycles. The van der Waals surface area contributed by atoms with Crippen LogP contribution in [0.15, 0.2) is 21.5 Å². The maximum atomic E-state index is 13.0. The molecule has 1 unspecified atom stereocenters. The molecule has 0 spiro atoms. The first-order valence-corrected chi connectivity index (χ1v) is 4.92. The van der Waals surface area contributed by atoms with Crippen LogP contribution in [-0.4, -0.2) is 4.57 Å². The van der Waals surface area contributed by atoms with Crippen molar-refractivity contribution >= 4 is 15.9 Å². The largest absolute Gasteiger partial charge is 0.309 e. The number of aromatic nitrogens is 1. The van der Waals surface area contributed by atoms with Crippen molar-refractivity contribution in [1.82, 2.24) is 4.57 Å². The van der Waals surface area contributed by atoms with Gasteiger partial charge in [0.25, 0.3) is 5.56 Å². The molecule has 1 aromatic heterocycles. The summed E-state index contributed by atoms with van der Waals surface area (Å²) in [6.07, 6.45) is 2.41. The van der Waals surface area contributed by atoms with Gasteiger partial charge in [0.2, 0.25) is 0 Å². The Labute approximate surface area is 84.5 Å². The monoisotopic (exact) mass is 247 g/mol. The number of nitrogens with zero attached hydrogens (tertiary/aromatic N) is 1. The molecular weight excluding hydrogens is 237 g/mol. The van der Waals surface area contributed by atoms with Crippen molar-refractivity contribution in [3.8, 4) is 0 Å². The molecule has 72 valence electrons. The molecule has 0 aliphatic heterocycles. The molecule has 1 atom stereocenters. The molecule has 0 fully saturated rings. The van der Waals surface area contributed by atoms with Crippen LogP contribution in [-0.2, 0) is 0 Å². The van der Waals surface area contributed by atoms with Crippen molar-refractivity contribution in [2.24, 2.45) is 0 Å². The van der Waals surface area contributed by atoms with E-state index in [1.165, 1.54) is 10.6 Å². The quantitative estimate of drug-likeness (QED) is 0.788. The fraction of sp³-hybridized carbons (Fsp3) is 0.444. The van der Waals surface area contributed by atoms with Crippen molar-refractivity contribution < 1.29 is 4.39 Å². The van der Waals surface area contributed by atoms with E-state index in [9.17, 15) is 9.18 Å². The predicted octanol–water partition coefficient (Wildman–Crippen LogP) is 2.72. The maximum Gasteiger partial charge on any atom is 0.286 e. The third-order valence-corrected chi connectivity index (χ3v) is 2.47. The summed E-state index contributed by atoms with van der Waals surface area (Å²) in [6, 6.07) is 1.21. The van der Waals surface area contributed by atoms with Crippen LogP contribution in [0.3, 0.4) is 0 Å². The molecule has 0 aliphatic rings. The van der Waals surface area contributed by atoms with Crippen LogP contribution in [0.4, 0.5) is 4.39 Å². The molecule has 0 saturated carbocycles. The van der Waals surface area contributed by atoms with E-state index in [1.54, 1.807) is 6.20 Å². The predicted molar refractivity (Wildman–Crippen MR) is 53.4 cm³/mol. The number of pyridine rings is 1. The highest BCUT2D eigenvalue weighted by molar-refractivity contribution is 9.10. The first-order valence-electron chi connectivity index (χ1n) is 4.13. The molecule has 0 saturated heterocycles. The van der Waals surface area contributed by atoms with E-state index >= 15 is 0 Å². The van der Waals surface area contributed by atoms with Gasteiger partial charge in [0.1, 0.15) is 0 Å². The van der Waals surface area contributed by atoms with Gasteiger partial charge in [0.05, 0.1) is 0 Å². The first-order chi connectivity index (χ1) is 6.06. The van der Waals surface area contributed by atoms with Gasteiger partial charge < -0.3 is 4.57 Å². The summed E-state index contributed by atoms with van der Waals surface area (Å²) in [5.74, 6) is -0.713. The van der Waals surface area contributed by atoms with E-state index in [2.05, 4.69) is 15.9 Å². The zero-order chi connectivity index (χ0) is 10.0. The fourth-order valence-corrected chi connectivity index (χ4v) is 1.48. The highest BCUT2D eigenvalue weighted by atomic mass is 79.9. The first kappa shape index (κ1) is 10.4. The van der Waals surface area contributed by atoms with E-state index in [1.807, 2.05) is 13.8 Å². The van der Waals surface area contributed by atoms with Crippen LogP contribution in [0.5, 0.6) is 0 Å². The molecular formula is C9H11BrFNO. The van der Waals surface area contributed by atoms with Gasteiger partial charge in [-0.1, -0.05) is 6.92 Å². The lowest BCUT2D eigenvalue weighted by molar-refractivity contribution is 0.484. The van der Waals surface area contributed by atoms with Gasteiger partial charge in [-0.2, -0.15) is 0 Å².